The first-order valence-corrected chi connectivity index (χ1v) is 7.94. The zero-order valence-electron chi connectivity index (χ0n) is 14.6. The molecule has 1 fully saturated rings. The summed E-state index contributed by atoms with van der Waals surface area (Å²) in [6, 6.07) is 0. The summed E-state index contributed by atoms with van der Waals surface area (Å²) in [7, 11) is 3.77. The van der Waals surface area contributed by atoms with E-state index >= 15 is 0 Å². The molecule has 24 heavy (non-hydrogen) atoms. The zero-order chi connectivity index (χ0) is 16.4. The first kappa shape index (κ1) is 18.8. The highest BCUT2D eigenvalue weighted by Gasteiger charge is 2.27. The number of guanidine groups is 1. The van der Waals surface area contributed by atoms with E-state index in [9.17, 15) is 0 Å². The van der Waals surface area contributed by atoms with Crippen LogP contribution in [0.1, 0.15) is 35.2 Å². The van der Waals surface area contributed by atoms with Gasteiger partial charge in [0.2, 0.25) is 5.89 Å². The number of hydrogen-bond acceptors (Lipinski definition) is 4. The van der Waals surface area contributed by atoms with Crippen molar-refractivity contribution in [3.63, 3.8) is 0 Å². The van der Waals surface area contributed by atoms with Gasteiger partial charge in [-0.25, -0.2) is 4.98 Å². The summed E-state index contributed by atoms with van der Waals surface area (Å²) in [5.74, 6) is 2.97. The molecular formula is C16H25IN6O. The molecule has 0 aromatic carbocycles. The molecule has 1 atom stereocenters. The number of halogens is 1. The Morgan fingerprint density at radius 2 is 2.25 bits per heavy atom. The Hall–Kier alpha value is -1.58. The summed E-state index contributed by atoms with van der Waals surface area (Å²) < 4.78 is 7.47. The third-order valence-corrected chi connectivity index (χ3v) is 4.37. The molecule has 1 aliphatic rings. The van der Waals surface area contributed by atoms with Crippen LogP contribution >= 0.6 is 24.0 Å². The van der Waals surface area contributed by atoms with E-state index in [2.05, 4.69) is 31.5 Å². The Balaban J connectivity index is 0.00000208. The summed E-state index contributed by atoms with van der Waals surface area (Å²) in [4.78, 5) is 11.1. The van der Waals surface area contributed by atoms with Crippen molar-refractivity contribution in [1.29, 1.82) is 0 Å². The van der Waals surface area contributed by atoms with Gasteiger partial charge in [-0.2, -0.15) is 5.10 Å². The van der Waals surface area contributed by atoms with Gasteiger partial charge in [-0.1, -0.05) is 0 Å². The highest BCUT2D eigenvalue weighted by Crippen LogP contribution is 2.26. The number of aliphatic imine (C=N–C) groups is 1. The van der Waals surface area contributed by atoms with Crippen molar-refractivity contribution < 1.29 is 4.42 Å². The van der Waals surface area contributed by atoms with E-state index in [4.69, 9.17) is 4.42 Å². The van der Waals surface area contributed by atoms with E-state index in [-0.39, 0.29) is 24.0 Å². The maximum absolute atomic E-state index is 5.61. The standard InChI is InChI=1S/C16H24N6O.HI/c1-11-12(2)23-15(20-11)8-18-16(17-3)22-6-5-13(10-22)14-7-19-21(4)9-14;/h7,9,13H,5-6,8,10H2,1-4H3,(H,17,18);1H. The van der Waals surface area contributed by atoms with Crippen LogP contribution in [0.3, 0.4) is 0 Å². The Kier molecular flexibility index (Phi) is 6.25. The third-order valence-electron chi connectivity index (χ3n) is 4.37. The second-order valence-corrected chi connectivity index (χ2v) is 6.03. The Bertz CT molecular complexity index is 688. The van der Waals surface area contributed by atoms with E-state index < -0.39 is 0 Å². The molecule has 0 aliphatic carbocycles. The second-order valence-electron chi connectivity index (χ2n) is 6.03. The van der Waals surface area contributed by atoms with Crippen LogP contribution in [0.5, 0.6) is 0 Å². The molecule has 2 aromatic heterocycles. The molecule has 1 unspecified atom stereocenters. The summed E-state index contributed by atoms with van der Waals surface area (Å²) in [6.07, 6.45) is 5.18. The smallest absolute Gasteiger partial charge is 0.214 e. The second kappa shape index (κ2) is 8.00. The van der Waals surface area contributed by atoms with Crippen molar-refractivity contribution >= 4 is 29.9 Å². The number of likely N-dealkylation sites (tertiary alicyclic amines) is 1. The molecule has 132 valence electrons. The number of rotatable bonds is 3. The van der Waals surface area contributed by atoms with Gasteiger partial charge in [0.25, 0.3) is 0 Å². The van der Waals surface area contributed by atoms with E-state index in [0.29, 0.717) is 18.4 Å². The fourth-order valence-electron chi connectivity index (χ4n) is 2.98. The van der Waals surface area contributed by atoms with Crippen LogP contribution in [0.25, 0.3) is 0 Å². The Morgan fingerprint density at radius 3 is 2.83 bits per heavy atom. The number of nitrogens with one attached hydrogen (secondary N) is 1. The predicted octanol–water partition coefficient (Wildman–Crippen LogP) is 2.21. The van der Waals surface area contributed by atoms with E-state index in [1.165, 1.54) is 5.56 Å². The van der Waals surface area contributed by atoms with Gasteiger partial charge in [0.15, 0.2) is 5.96 Å². The molecule has 0 radical (unpaired) electrons. The molecular weight excluding hydrogens is 419 g/mol. The lowest BCUT2D eigenvalue weighted by Gasteiger charge is -2.21. The van der Waals surface area contributed by atoms with Gasteiger partial charge in [-0.05, 0) is 25.8 Å². The minimum atomic E-state index is 0. The van der Waals surface area contributed by atoms with Gasteiger partial charge in [-0.3, -0.25) is 9.67 Å². The number of hydrogen-bond donors (Lipinski definition) is 1. The molecule has 2 aromatic rings. The molecule has 8 heteroatoms. The average molecular weight is 444 g/mol. The molecule has 3 heterocycles. The normalized spacial score (nSPS) is 17.9. The number of aryl methyl sites for hydroxylation is 3. The maximum Gasteiger partial charge on any atom is 0.214 e. The van der Waals surface area contributed by atoms with Crippen molar-refractivity contribution in [2.75, 3.05) is 20.1 Å². The van der Waals surface area contributed by atoms with Crippen molar-refractivity contribution in [2.24, 2.45) is 12.0 Å². The lowest BCUT2D eigenvalue weighted by atomic mass is 10.0. The minimum absolute atomic E-state index is 0. The van der Waals surface area contributed by atoms with Crippen LogP contribution in [0.15, 0.2) is 21.8 Å². The SMILES string of the molecule is CN=C(NCc1nc(C)c(C)o1)N1CCC(c2cnn(C)c2)C1.I. The molecule has 3 rings (SSSR count). The Labute approximate surface area is 159 Å². The fourth-order valence-corrected chi connectivity index (χ4v) is 2.98. The summed E-state index contributed by atoms with van der Waals surface area (Å²) in [5, 5.41) is 7.61. The van der Waals surface area contributed by atoms with Crippen LogP contribution in [-0.4, -0.2) is 45.8 Å². The first-order chi connectivity index (χ1) is 11.1. The lowest BCUT2D eigenvalue weighted by molar-refractivity contribution is 0.446. The van der Waals surface area contributed by atoms with Gasteiger partial charge in [0, 0.05) is 39.3 Å². The van der Waals surface area contributed by atoms with E-state index in [1.807, 2.05) is 38.8 Å². The maximum atomic E-state index is 5.61. The van der Waals surface area contributed by atoms with Crippen molar-refractivity contribution in [1.82, 2.24) is 25.0 Å². The number of oxazole rings is 1. The zero-order valence-corrected chi connectivity index (χ0v) is 16.9. The molecule has 1 N–H and O–H groups in total. The van der Waals surface area contributed by atoms with Gasteiger partial charge < -0.3 is 14.6 Å². The molecule has 7 nitrogen and oxygen atoms in total. The van der Waals surface area contributed by atoms with Gasteiger partial charge in [0.05, 0.1) is 18.4 Å². The Morgan fingerprint density at radius 1 is 1.46 bits per heavy atom. The van der Waals surface area contributed by atoms with Crippen LogP contribution in [-0.2, 0) is 13.6 Å². The molecule has 1 aliphatic heterocycles. The average Bonchev–Trinajstić information content (AvgIpc) is 3.22. The molecule has 0 amide bonds. The van der Waals surface area contributed by atoms with Gasteiger partial charge in [-0.15, -0.1) is 24.0 Å². The fraction of sp³-hybridized carbons (Fsp3) is 0.562. The van der Waals surface area contributed by atoms with Crippen LogP contribution in [0.4, 0.5) is 0 Å². The van der Waals surface area contributed by atoms with Gasteiger partial charge >= 0.3 is 0 Å². The van der Waals surface area contributed by atoms with Crippen LogP contribution < -0.4 is 5.32 Å². The lowest BCUT2D eigenvalue weighted by Crippen LogP contribution is -2.39. The van der Waals surface area contributed by atoms with Crippen LogP contribution in [0.2, 0.25) is 0 Å². The molecule has 0 bridgehead atoms. The monoisotopic (exact) mass is 444 g/mol. The van der Waals surface area contributed by atoms with Crippen molar-refractivity contribution in [3.05, 3.63) is 35.3 Å². The van der Waals surface area contributed by atoms with Crippen LogP contribution in [0, 0.1) is 13.8 Å². The molecule has 0 saturated carbocycles. The molecule has 1 saturated heterocycles. The number of aromatic nitrogens is 3. The molecule has 0 spiro atoms. The van der Waals surface area contributed by atoms with Crippen molar-refractivity contribution in [2.45, 2.75) is 32.7 Å². The minimum Gasteiger partial charge on any atom is -0.444 e. The summed E-state index contributed by atoms with van der Waals surface area (Å²) >= 11 is 0. The largest absolute Gasteiger partial charge is 0.444 e. The first-order valence-electron chi connectivity index (χ1n) is 7.94. The third kappa shape index (κ3) is 4.08. The van der Waals surface area contributed by atoms with E-state index in [0.717, 1.165) is 36.9 Å². The highest BCUT2D eigenvalue weighted by molar-refractivity contribution is 14.0. The number of nitrogens with zero attached hydrogens (tertiary/aromatic N) is 5. The van der Waals surface area contributed by atoms with E-state index in [1.54, 1.807) is 0 Å². The van der Waals surface area contributed by atoms with Crippen molar-refractivity contribution in [3.8, 4) is 0 Å². The summed E-state index contributed by atoms with van der Waals surface area (Å²) in [5.41, 5.74) is 2.24. The highest BCUT2D eigenvalue weighted by atomic mass is 127. The topological polar surface area (TPSA) is 71.5 Å². The summed E-state index contributed by atoms with van der Waals surface area (Å²) in [6.45, 7) is 6.38. The van der Waals surface area contributed by atoms with Gasteiger partial charge in [0.1, 0.15) is 5.76 Å². The predicted molar refractivity (Wildman–Crippen MR) is 104 cm³/mol. The quantitative estimate of drug-likeness (QED) is 0.447.